The second-order valence-corrected chi connectivity index (χ2v) is 3.36. The van der Waals surface area contributed by atoms with E-state index in [9.17, 15) is 13.6 Å². The summed E-state index contributed by atoms with van der Waals surface area (Å²) >= 11 is 0. The second-order valence-electron chi connectivity index (χ2n) is 3.36. The summed E-state index contributed by atoms with van der Waals surface area (Å²) in [5.74, 6) is -2.14. The Labute approximate surface area is 101 Å². The van der Waals surface area contributed by atoms with Gasteiger partial charge in [0.05, 0.1) is 12.8 Å². The molecule has 0 bridgehead atoms. The number of carbonyl (C=O) groups excluding carboxylic acids is 1. The maximum Gasteiger partial charge on any atom is 0.360 e. The van der Waals surface area contributed by atoms with Crippen LogP contribution in [0.3, 0.4) is 0 Å². The number of ether oxygens (including phenoxy) is 1. The zero-order chi connectivity index (χ0) is 13.1. The predicted octanol–water partition coefficient (Wildman–Crippen LogP) is 1.72. The third-order valence-corrected chi connectivity index (χ3v) is 2.13. The third kappa shape index (κ3) is 2.34. The van der Waals surface area contributed by atoms with Crippen molar-refractivity contribution >= 4 is 5.97 Å². The molecule has 0 saturated carbocycles. The van der Waals surface area contributed by atoms with Gasteiger partial charge in [0, 0.05) is 6.07 Å². The number of halogens is 2. The monoisotopic (exact) mass is 253 g/mol. The van der Waals surface area contributed by atoms with Crippen molar-refractivity contribution < 1.29 is 18.3 Å². The fourth-order valence-corrected chi connectivity index (χ4v) is 1.35. The molecule has 94 valence electrons. The molecular formula is C11H9F2N3O2. The van der Waals surface area contributed by atoms with E-state index in [4.69, 9.17) is 4.74 Å². The molecule has 0 aliphatic carbocycles. The van der Waals surface area contributed by atoms with Crippen molar-refractivity contribution in [3.63, 3.8) is 0 Å². The Kier molecular flexibility index (Phi) is 3.31. The maximum absolute atomic E-state index is 13.4. The molecule has 0 amide bonds. The van der Waals surface area contributed by atoms with Crippen LogP contribution < -0.4 is 0 Å². The number of esters is 1. The minimum atomic E-state index is -0.796. The summed E-state index contributed by atoms with van der Waals surface area (Å²) in [7, 11) is 0. The Hall–Kier alpha value is -2.31. The lowest BCUT2D eigenvalue weighted by Crippen LogP contribution is -2.04. The van der Waals surface area contributed by atoms with Crippen molar-refractivity contribution in [1.82, 2.24) is 15.0 Å². The zero-order valence-electron chi connectivity index (χ0n) is 9.43. The van der Waals surface area contributed by atoms with Gasteiger partial charge in [-0.3, -0.25) is 0 Å². The first-order chi connectivity index (χ1) is 8.61. The number of nitrogens with zero attached hydrogens (tertiary/aromatic N) is 3. The molecule has 5 nitrogen and oxygen atoms in total. The quantitative estimate of drug-likeness (QED) is 0.781. The molecule has 0 aliphatic heterocycles. The molecule has 1 aromatic carbocycles. The molecule has 0 atom stereocenters. The Morgan fingerprint density at radius 3 is 2.89 bits per heavy atom. The van der Waals surface area contributed by atoms with Crippen LogP contribution in [0.15, 0.2) is 24.4 Å². The van der Waals surface area contributed by atoms with Crippen LogP contribution in [0, 0.1) is 11.6 Å². The van der Waals surface area contributed by atoms with E-state index < -0.39 is 17.6 Å². The Morgan fingerprint density at radius 1 is 1.44 bits per heavy atom. The molecule has 0 aliphatic rings. The summed E-state index contributed by atoms with van der Waals surface area (Å²) in [4.78, 5) is 11.3. The number of rotatable bonds is 3. The molecule has 0 saturated heterocycles. The highest BCUT2D eigenvalue weighted by atomic mass is 19.1. The zero-order valence-corrected chi connectivity index (χ0v) is 9.43. The normalized spacial score (nSPS) is 10.4. The van der Waals surface area contributed by atoms with Crippen LogP contribution in [-0.2, 0) is 4.74 Å². The highest BCUT2D eigenvalue weighted by Crippen LogP contribution is 2.13. The van der Waals surface area contributed by atoms with Crippen LogP contribution >= 0.6 is 0 Å². The van der Waals surface area contributed by atoms with Gasteiger partial charge < -0.3 is 4.74 Å². The second kappa shape index (κ2) is 4.91. The van der Waals surface area contributed by atoms with Gasteiger partial charge in [-0.05, 0) is 19.1 Å². The summed E-state index contributed by atoms with van der Waals surface area (Å²) in [6.45, 7) is 1.86. The van der Waals surface area contributed by atoms with E-state index in [2.05, 4.69) is 10.3 Å². The lowest BCUT2D eigenvalue weighted by Gasteiger charge is -2.01. The Balaban J connectivity index is 2.32. The molecule has 18 heavy (non-hydrogen) atoms. The number of benzene rings is 1. The summed E-state index contributed by atoms with van der Waals surface area (Å²) < 4.78 is 31.9. The van der Waals surface area contributed by atoms with E-state index in [-0.39, 0.29) is 18.0 Å². The van der Waals surface area contributed by atoms with Gasteiger partial charge in [-0.15, -0.1) is 5.10 Å². The van der Waals surface area contributed by atoms with Gasteiger partial charge in [-0.1, -0.05) is 5.21 Å². The summed E-state index contributed by atoms with van der Waals surface area (Å²) in [6.07, 6.45) is 1.22. The summed E-state index contributed by atoms with van der Waals surface area (Å²) in [5, 5.41) is 7.14. The van der Waals surface area contributed by atoms with Gasteiger partial charge in [-0.25, -0.2) is 18.3 Å². The van der Waals surface area contributed by atoms with Gasteiger partial charge in [0.2, 0.25) is 0 Å². The van der Waals surface area contributed by atoms with Crippen molar-refractivity contribution in [2.24, 2.45) is 0 Å². The van der Waals surface area contributed by atoms with Crippen molar-refractivity contribution in [2.75, 3.05) is 6.61 Å². The number of carbonyl (C=O) groups is 1. The van der Waals surface area contributed by atoms with E-state index in [1.165, 1.54) is 12.3 Å². The predicted molar refractivity (Wildman–Crippen MR) is 57.2 cm³/mol. The van der Waals surface area contributed by atoms with E-state index >= 15 is 0 Å². The first-order valence-electron chi connectivity index (χ1n) is 5.16. The van der Waals surface area contributed by atoms with E-state index in [0.717, 1.165) is 16.8 Å². The first-order valence-corrected chi connectivity index (χ1v) is 5.16. The average molecular weight is 253 g/mol. The van der Waals surface area contributed by atoms with Crippen molar-refractivity contribution in [3.8, 4) is 5.69 Å². The molecule has 2 aromatic rings. The van der Waals surface area contributed by atoms with Gasteiger partial charge in [0.15, 0.2) is 11.5 Å². The number of aromatic nitrogens is 3. The van der Waals surface area contributed by atoms with Crippen LogP contribution in [-0.4, -0.2) is 27.6 Å². The Bertz CT molecular complexity index is 583. The van der Waals surface area contributed by atoms with Gasteiger partial charge in [-0.2, -0.15) is 0 Å². The van der Waals surface area contributed by atoms with Crippen molar-refractivity contribution in [3.05, 3.63) is 41.7 Å². The molecule has 0 unspecified atom stereocenters. The minimum Gasteiger partial charge on any atom is -0.461 e. The van der Waals surface area contributed by atoms with Crippen molar-refractivity contribution in [2.45, 2.75) is 6.92 Å². The van der Waals surface area contributed by atoms with Gasteiger partial charge >= 0.3 is 5.97 Å². The fourth-order valence-electron chi connectivity index (χ4n) is 1.35. The SMILES string of the molecule is CCOC(=O)c1cn(-c2ccc(F)cc2F)nn1. The molecular weight excluding hydrogens is 244 g/mol. The number of hydrogen-bond acceptors (Lipinski definition) is 4. The molecule has 0 N–H and O–H groups in total. The molecule has 2 rings (SSSR count). The minimum absolute atomic E-state index is 0.000511. The first kappa shape index (κ1) is 12.2. The molecule has 0 radical (unpaired) electrons. The Morgan fingerprint density at radius 2 is 2.22 bits per heavy atom. The van der Waals surface area contributed by atoms with Gasteiger partial charge in [0.1, 0.15) is 11.5 Å². The smallest absolute Gasteiger partial charge is 0.360 e. The van der Waals surface area contributed by atoms with E-state index in [0.29, 0.717) is 0 Å². The largest absolute Gasteiger partial charge is 0.461 e. The average Bonchev–Trinajstić information content (AvgIpc) is 2.78. The molecule has 0 spiro atoms. The van der Waals surface area contributed by atoms with E-state index in [1.54, 1.807) is 6.92 Å². The molecule has 0 fully saturated rings. The van der Waals surface area contributed by atoms with Crippen LogP contribution in [0.4, 0.5) is 8.78 Å². The third-order valence-electron chi connectivity index (χ3n) is 2.13. The topological polar surface area (TPSA) is 57.0 Å². The van der Waals surface area contributed by atoms with Crippen LogP contribution in [0.1, 0.15) is 17.4 Å². The van der Waals surface area contributed by atoms with Crippen LogP contribution in [0.5, 0.6) is 0 Å². The molecule has 1 heterocycles. The highest BCUT2D eigenvalue weighted by molar-refractivity contribution is 5.86. The van der Waals surface area contributed by atoms with Crippen LogP contribution in [0.25, 0.3) is 5.69 Å². The molecule has 1 aromatic heterocycles. The number of hydrogen-bond donors (Lipinski definition) is 0. The van der Waals surface area contributed by atoms with Gasteiger partial charge in [0.25, 0.3) is 0 Å². The summed E-state index contributed by atoms with van der Waals surface area (Å²) in [5.41, 5.74) is -0.0416. The fraction of sp³-hybridized carbons (Fsp3) is 0.182. The molecule has 7 heteroatoms. The lowest BCUT2D eigenvalue weighted by molar-refractivity contribution is 0.0519. The summed E-state index contributed by atoms with van der Waals surface area (Å²) in [6, 6.07) is 3.01. The van der Waals surface area contributed by atoms with E-state index in [1.807, 2.05) is 0 Å². The standard InChI is InChI=1S/C11H9F2N3O2/c1-2-18-11(17)9-6-16(15-14-9)10-4-3-7(12)5-8(10)13/h3-6H,2H2,1H3. The highest BCUT2D eigenvalue weighted by Gasteiger charge is 2.14. The maximum atomic E-state index is 13.4. The van der Waals surface area contributed by atoms with Crippen molar-refractivity contribution in [1.29, 1.82) is 0 Å². The lowest BCUT2D eigenvalue weighted by atomic mass is 10.3. The van der Waals surface area contributed by atoms with Crippen LogP contribution in [0.2, 0.25) is 0 Å².